The molecular weight excluding hydrogens is 314 g/mol. The largest absolute Gasteiger partial charge is 0.494 e. The van der Waals surface area contributed by atoms with E-state index >= 15 is 0 Å². The number of rotatable bonds is 7. The van der Waals surface area contributed by atoms with Crippen molar-refractivity contribution < 1.29 is 17.9 Å². The van der Waals surface area contributed by atoms with Gasteiger partial charge in [-0.25, -0.2) is 8.42 Å². The van der Waals surface area contributed by atoms with E-state index in [-0.39, 0.29) is 4.90 Å². The molecule has 0 heterocycles. The Morgan fingerprint density at radius 2 is 1.52 bits per heavy atom. The molecule has 23 heavy (non-hydrogen) atoms. The SMILES string of the molecule is CCOc1ccc(S(=O)(=O)N(C)c2cccc(OCC)c2)cc1. The molecule has 2 aromatic carbocycles. The average Bonchev–Trinajstić information content (AvgIpc) is 2.55. The molecule has 2 rings (SSSR count). The molecule has 124 valence electrons. The van der Waals surface area contributed by atoms with Crippen molar-refractivity contribution in [2.24, 2.45) is 0 Å². The summed E-state index contributed by atoms with van der Waals surface area (Å²) in [4.78, 5) is 0.213. The Balaban J connectivity index is 2.29. The highest BCUT2D eigenvalue weighted by molar-refractivity contribution is 7.92. The summed E-state index contributed by atoms with van der Waals surface area (Å²) >= 11 is 0. The molecule has 0 unspecified atom stereocenters. The van der Waals surface area contributed by atoms with Gasteiger partial charge in [0.1, 0.15) is 11.5 Å². The van der Waals surface area contributed by atoms with Crippen LogP contribution in [0.1, 0.15) is 13.8 Å². The van der Waals surface area contributed by atoms with Gasteiger partial charge in [0.05, 0.1) is 23.8 Å². The normalized spacial score (nSPS) is 11.1. The molecule has 0 amide bonds. The first-order chi connectivity index (χ1) is 11.0. The third-order valence-corrected chi connectivity index (χ3v) is 5.09. The summed E-state index contributed by atoms with van der Waals surface area (Å²) < 4.78 is 37.4. The molecule has 6 heteroatoms. The summed E-state index contributed by atoms with van der Waals surface area (Å²) in [5.74, 6) is 1.28. The second kappa shape index (κ2) is 7.37. The van der Waals surface area contributed by atoms with Gasteiger partial charge in [-0.3, -0.25) is 4.31 Å². The Morgan fingerprint density at radius 3 is 2.13 bits per heavy atom. The monoisotopic (exact) mass is 335 g/mol. The molecule has 0 spiro atoms. The second-order valence-electron chi connectivity index (χ2n) is 4.81. The van der Waals surface area contributed by atoms with E-state index < -0.39 is 10.0 Å². The van der Waals surface area contributed by atoms with Crippen molar-refractivity contribution in [2.45, 2.75) is 18.7 Å². The Morgan fingerprint density at radius 1 is 0.913 bits per heavy atom. The summed E-state index contributed by atoms with van der Waals surface area (Å²) in [7, 11) is -2.11. The van der Waals surface area contributed by atoms with E-state index in [2.05, 4.69) is 0 Å². The summed E-state index contributed by atoms with van der Waals surface area (Å²) in [6, 6.07) is 13.4. The molecule has 0 aromatic heterocycles. The van der Waals surface area contributed by atoms with Crippen molar-refractivity contribution in [3.63, 3.8) is 0 Å². The number of hydrogen-bond donors (Lipinski definition) is 0. The fourth-order valence-corrected chi connectivity index (χ4v) is 3.29. The van der Waals surface area contributed by atoms with Gasteiger partial charge in [0, 0.05) is 13.1 Å². The van der Waals surface area contributed by atoms with E-state index in [1.165, 1.54) is 11.4 Å². The summed E-state index contributed by atoms with van der Waals surface area (Å²) in [6.45, 7) is 4.83. The van der Waals surface area contributed by atoms with Gasteiger partial charge in [-0.1, -0.05) is 6.07 Å². The molecule has 5 nitrogen and oxygen atoms in total. The van der Waals surface area contributed by atoms with Crippen LogP contribution < -0.4 is 13.8 Å². The highest BCUT2D eigenvalue weighted by Crippen LogP contribution is 2.26. The molecule has 0 atom stereocenters. The van der Waals surface area contributed by atoms with Crippen LogP contribution >= 0.6 is 0 Å². The fraction of sp³-hybridized carbons (Fsp3) is 0.294. The minimum absolute atomic E-state index is 0.213. The number of ether oxygens (including phenoxy) is 2. The van der Waals surface area contributed by atoms with Crippen molar-refractivity contribution >= 4 is 15.7 Å². The standard InChI is InChI=1S/C17H21NO4S/c1-4-21-15-9-11-17(12-10-15)23(19,20)18(3)14-7-6-8-16(13-14)22-5-2/h6-13H,4-5H2,1-3H3. The third kappa shape index (κ3) is 3.96. The molecule has 0 saturated heterocycles. The highest BCUT2D eigenvalue weighted by atomic mass is 32.2. The van der Waals surface area contributed by atoms with Crippen LogP contribution in [0.15, 0.2) is 53.4 Å². The summed E-state index contributed by atoms with van der Waals surface area (Å²) in [5, 5.41) is 0. The Bertz CT molecular complexity index is 741. The van der Waals surface area contributed by atoms with Crippen molar-refractivity contribution in [3.8, 4) is 11.5 Å². The molecule has 0 aliphatic rings. The maximum Gasteiger partial charge on any atom is 0.264 e. The number of hydrogen-bond acceptors (Lipinski definition) is 4. The van der Waals surface area contributed by atoms with Crippen molar-refractivity contribution in [1.82, 2.24) is 0 Å². The minimum Gasteiger partial charge on any atom is -0.494 e. The zero-order valence-corrected chi connectivity index (χ0v) is 14.3. The Kier molecular flexibility index (Phi) is 5.50. The number of anilines is 1. The van der Waals surface area contributed by atoms with Crippen LogP contribution in [0.5, 0.6) is 11.5 Å². The Hall–Kier alpha value is -2.21. The summed E-state index contributed by atoms with van der Waals surface area (Å²) in [6.07, 6.45) is 0. The molecule has 0 saturated carbocycles. The van der Waals surface area contributed by atoms with Crippen LogP contribution in [0.2, 0.25) is 0 Å². The molecule has 2 aromatic rings. The number of nitrogens with zero attached hydrogens (tertiary/aromatic N) is 1. The van der Waals surface area contributed by atoms with Crippen LogP contribution in [0.3, 0.4) is 0 Å². The fourth-order valence-electron chi connectivity index (χ4n) is 2.11. The lowest BCUT2D eigenvalue weighted by Gasteiger charge is -2.20. The van der Waals surface area contributed by atoms with Crippen LogP contribution in [-0.2, 0) is 10.0 Å². The lowest BCUT2D eigenvalue weighted by molar-refractivity contribution is 0.340. The van der Waals surface area contributed by atoms with E-state index in [1.807, 2.05) is 13.8 Å². The van der Waals surface area contributed by atoms with E-state index in [0.29, 0.717) is 30.4 Å². The highest BCUT2D eigenvalue weighted by Gasteiger charge is 2.21. The molecule has 0 aliphatic heterocycles. The number of benzene rings is 2. The predicted octanol–water partition coefficient (Wildman–Crippen LogP) is 3.31. The smallest absolute Gasteiger partial charge is 0.264 e. The maximum absolute atomic E-state index is 12.7. The van der Waals surface area contributed by atoms with Crippen LogP contribution in [0.4, 0.5) is 5.69 Å². The van der Waals surface area contributed by atoms with Gasteiger partial charge >= 0.3 is 0 Å². The van der Waals surface area contributed by atoms with Crippen molar-refractivity contribution in [1.29, 1.82) is 0 Å². The lowest BCUT2D eigenvalue weighted by Crippen LogP contribution is -2.26. The zero-order chi connectivity index (χ0) is 16.9. The molecule has 0 fully saturated rings. The first-order valence-corrected chi connectivity index (χ1v) is 8.87. The first kappa shape index (κ1) is 17.1. The summed E-state index contributed by atoms with van der Waals surface area (Å²) in [5.41, 5.74) is 0.546. The van der Waals surface area contributed by atoms with Gasteiger partial charge in [-0.05, 0) is 50.2 Å². The molecule has 0 aliphatic carbocycles. The minimum atomic E-state index is -3.63. The van der Waals surface area contributed by atoms with E-state index in [9.17, 15) is 8.42 Å². The molecule has 0 N–H and O–H groups in total. The van der Waals surface area contributed by atoms with Gasteiger partial charge in [0.2, 0.25) is 0 Å². The molecule has 0 bridgehead atoms. The quantitative estimate of drug-likeness (QED) is 0.779. The van der Waals surface area contributed by atoms with E-state index in [1.54, 1.807) is 48.5 Å². The molecule has 0 radical (unpaired) electrons. The number of sulfonamides is 1. The van der Waals surface area contributed by atoms with E-state index in [4.69, 9.17) is 9.47 Å². The van der Waals surface area contributed by atoms with Gasteiger partial charge in [-0.2, -0.15) is 0 Å². The van der Waals surface area contributed by atoms with Crippen LogP contribution in [0.25, 0.3) is 0 Å². The van der Waals surface area contributed by atoms with Crippen molar-refractivity contribution in [3.05, 3.63) is 48.5 Å². The topological polar surface area (TPSA) is 55.8 Å². The zero-order valence-electron chi connectivity index (χ0n) is 13.5. The van der Waals surface area contributed by atoms with Crippen LogP contribution in [0, 0.1) is 0 Å². The predicted molar refractivity (Wildman–Crippen MR) is 90.8 cm³/mol. The first-order valence-electron chi connectivity index (χ1n) is 7.43. The van der Waals surface area contributed by atoms with Gasteiger partial charge in [-0.15, -0.1) is 0 Å². The van der Waals surface area contributed by atoms with Gasteiger partial charge in [0.15, 0.2) is 0 Å². The van der Waals surface area contributed by atoms with Crippen LogP contribution in [-0.4, -0.2) is 28.7 Å². The van der Waals surface area contributed by atoms with E-state index in [0.717, 1.165) is 0 Å². The third-order valence-electron chi connectivity index (χ3n) is 3.29. The molecular formula is C17H21NO4S. The Labute approximate surface area is 137 Å². The van der Waals surface area contributed by atoms with Crippen molar-refractivity contribution in [2.75, 3.05) is 24.6 Å². The maximum atomic E-state index is 12.7. The van der Waals surface area contributed by atoms with Gasteiger partial charge in [0.25, 0.3) is 10.0 Å². The second-order valence-corrected chi connectivity index (χ2v) is 6.78. The lowest BCUT2D eigenvalue weighted by atomic mass is 10.3. The average molecular weight is 335 g/mol. The van der Waals surface area contributed by atoms with Gasteiger partial charge < -0.3 is 9.47 Å².